The number of nitrogens with one attached hydrogen (secondary N) is 1. The lowest BCUT2D eigenvalue weighted by molar-refractivity contribution is -0.111. The Morgan fingerprint density at radius 2 is 2.16 bits per heavy atom. The number of anilines is 1. The first-order valence-corrected chi connectivity index (χ1v) is 5.80. The molecule has 4 nitrogen and oxygen atoms in total. The molecular formula is C14H14FN3O. The van der Waals surface area contributed by atoms with Crippen LogP contribution in [0.25, 0.3) is 6.08 Å². The molecule has 0 aliphatic rings. The molecule has 0 aliphatic heterocycles. The van der Waals surface area contributed by atoms with Gasteiger partial charge in [-0.05, 0) is 19.1 Å². The summed E-state index contributed by atoms with van der Waals surface area (Å²) < 4.78 is 14.9. The van der Waals surface area contributed by atoms with Crippen LogP contribution in [0.4, 0.5) is 10.2 Å². The number of amides is 1. The molecular weight excluding hydrogens is 245 g/mol. The number of carbonyl (C=O) groups is 1. The van der Waals surface area contributed by atoms with Crippen molar-refractivity contribution < 1.29 is 9.18 Å². The highest BCUT2D eigenvalue weighted by molar-refractivity contribution is 6.01. The second-order valence-corrected chi connectivity index (χ2v) is 4.14. The first-order valence-electron chi connectivity index (χ1n) is 5.80. The Kier molecular flexibility index (Phi) is 3.75. The smallest absolute Gasteiger partial charge is 0.249 e. The zero-order chi connectivity index (χ0) is 13.8. The van der Waals surface area contributed by atoms with Crippen molar-refractivity contribution in [3.8, 4) is 0 Å². The fourth-order valence-corrected chi connectivity index (χ4v) is 1.67. The molecule has 0 spiro atoms. The summed E-state index contributed by atoms with van der Waals surface area (Å²) in [5.41, 5.74) is 1.19. The Morgan fingerprint density at radius 3 is 2.79 bits per heavy atom. The number of hydrogen-bond donors (Lipinski definition) is 1. The molecule has 19 heavy (non-hydrogen) atoms. The maximum Gasteiger partial charge on any atom is 0.249 e. The number of hydrogen-bond acceptors (Lipinski definition) is 2. The Morgan fingerprint density at radius 1 is 1.42 bits per heavy atom. The number of rotatable bonds is 3. The molecule has 0 saturated heterocycles. The minimum Gasteiger partial charge on any atom is -0.307 e. The van der Waals surface area contributed by atoms with Gasteiger partial charge in [0.1, 0.15) is 11.6 Å². The summed E-state index contributed by atoms with van der Waals surface area (Å²) in [5.74, 6) is -0.0881. The van der Waals surface area contributed by atoms with Gasteiger partial charge in [-0.25, -0.2) is 4.39 Å². The Labute approximate surface area is 110 Å². The molecule has 0 atom stereocenters. The molecule has 2 aromatic rings. The van der Waals surface area contributed by atoms with E-state index >= 15 is 0 Å². The molecule has 0 radical (unpaired) electrons. The molecule has 0 unspecified atom stereocenters. The van der Waals surface area contributed by atoms with Crippen molar-refractivity contribution in [2.45, 2.75) is 6.92 Å². The van der Waals surface area contributed by atoms with Crippen molar-refractivity contribution in [1.29, 1.82) is 0 Å². The molecule has 1 heterocycles. The van der Waals surface area contributed by atoms with E-state index < -0.39 is 0 Å². The SMILES string of the molecule is Cc1cc(NC(=O)C=Cc2ccccc2F)n(C)n1. The van der Waals surface area contributed by atoms with Crippen molar-refractivity contribution in [2.75, 3.05) is 5.32 Å². The molecule has 1 amide bonds. The van der Waals surface area contributed by atoms with E-state index in [1.807, 2.05) is 6.92 Å². The van der Waals surface area contributed by atoms with Crippen LogP contribution in [0.1, 0.15) is 11.3 Å². The van der Waals surface area contributed by atoms with Crippen LogP contribution in [-0.4, -0.2) is 15.7 Å². The van der Waals surface area contributed by atoms with E-state index in [0.717, 1.165) is 5.69 Å². The van der Waals surface area contributed by atoms with Crippen LogP contribution in [0.3, 0.4) is 0 Å². The lowest BCUT2D eigenvalue weighted by atomic mass is 10.2. The number of aromatic nitrogens is 2. The van der Waals surface area contributed by atoms with Gasteiger partial charge in [-0.2, -0.15) is 5.10 Å². The lowest BCUT2D eigenvalue weighted by Crippen LogP contribution is -2.11. The Bertz CT molecular complexity index is 631. The molecule has 98 valence electrons. The number of nitrogens with zero attached hydrogens (tertiary/aromatic N) is 2. The first kappa shape index (κ1) is 13.0. The number of benzene rings is 1. The summed E-state index contributed by atoms with van der Waals surface area (Å²) in [5, 5.41) is 6.79. The van der Waals surface area contributed by atoms with E-state index in [2.05, 4.69) is 10.4 Å². The van der Waals surface area contributed by atoms with Gasteiger partial charge in [0.25, 0.3) is 0 Å². The van der Waals surface area contributed by atoms with E-state index in [-0.39, 0.29) is 11.7 Å². The molecule has 0 aliphatic carbocycles. The first-order chi connectivity index (χ1) is 9.06. The van der Waals surface area contributed by atoms with Gasteiger partial charge < -0.3 is 5.32 Å². The number of aryl methyl sites for hydroxylation is 2. The average Bonchev–Trinajstić information content (AvgIpc) is 2.67. The van der Waals surface area contributed by atoms with Crippen LogP contribution in [0, 0.1) is 12.7 Å². The van der Waals surface area contributed by atoms with E-state index in [4.69, 9.17) is 0 Å². The minimum atomic E-state index is -0.358. The molecule has 1 N–H and O–H groups in total. The topological polar surface area (TPSA) is 46.9 Å². The van der Waals surface area contributed by atoms with Crippen molar-refractivity contribution in [1.82, 2.24) is 9.78 Å². The van der Waals surface area contributed by atoms with Crippen LogP contribution >= 0.6 is 0 Å². The Balaban J connectivity index is 2.06. The van der Waals surface area contributed by atoms with Crippen molar-refractivity contribution in [3.63, 3.8) is 0 Å². The standard InChI is InChI=1S/C14H14FN3O/c1-10-9-13(18(2)17-10)16-14(19)8-7-11-5-3-4-6-12(11)15/h3-9H,1-2H3,(H,16,19). The van der Waals surface area contributed by atoms with Crippen molar-refractivity contribution >= 4 is 17.8 Å². The molecule has 0 fully saturated rings. The fraction of sp³-hybridized carbons (Fsp3) is 0.143. The van der Waals surface area contributed by atoms with Crippen LogP contribution in [0.5, 0.6) is 0 Å². The largest absolute Gasteiger partial charge is 0.307 e. The van der Waals surface area contributed by atoms with Gasteiger partial charge in [0, 0.05) is 24.8 Å². The molecule has 0 saturated carbocycles. The molecule has 0 bridgehead atoms. The van der Waals surface area contributed by atoms with Gasteiger partial charge in [0.2, 0.25) is 5.91 Å². The van der Waals surface area contributed by atoms with E-state index in [1.54, 1.807) is 36.0 Å². The molecule has 1 aromatic heterocycles. The third kappa shape index (κ3) is 3.28. The van der Waals surface area contributed by atoms with Crippen LogP contribution < -0.4 is 5.32 Å². The third-order valence-electron chi connectivity index (χ3n) is 2.57. The van der Waals surface area contributed by atoms with Crippen LogP contribution in [0.2, 0.25) is 0 Å². The highest BCUT2D eigenvalue weighted by atomic mass is 19.1. The zero-order valence-corrected chi connectivity index (χ0v) is 10.7. The van der Waals surface area contributed by atoms with Crippen molar-refractivity contribution in [2.24, 2.45) is 7.05 Å². The molecule has 5 heteroatoms. The predicted molar refractivity (Wildman–Crippen MR) is 72.0 cm³/mol. The van der Waals surface area contributed by atoms with Crippen molar-refractivity contribution in [3.05, 3.63) is 53.5 Å². The fourth-order valence-electron chi connectivity index (χ4n) is 1.67. The van der Waals surface area contributed by atoms with Gasteiger partial charge in [-0.15, -0.1) is 0 Å². The highest BCUT2D eigenvalue weighted by Gasteiger charge is 2.04. The van der Waals surface area contributed by atoms with Gasteiger partial charge in [0.05, 0.1) is 5.69 Å². The monoisotopic (exact) mass is 259 g/mol. The maximum atomic E-state index is 13.3. The summed E-state index contributed by atoms with van der Waals surface area (Å²) in [4.78, 5) is 11.7. The van der Waals surface area contributed by atoms with Gasteiger partial charge in [-0.1, -0.05) is 18.2 Å². The summed E-state index contributed by atoms with van der Waals surface area (Å²) in [6, 6.07) is 8.03. The van der Waals surface area contributed by atoms with Crippen LogP contribution in [0.15, 0.2) is 36.4 Å². The van der Waals surface area contributed by atoms with Gasteiger partial charge in [0.15, 0.2) is 0 Å². The average molecular weight is 259 g/mol. The quantitative estimate of drug-likeness (QED) is 0.861. The third-order valence-corrected chi connectivity index (χ3v) is 2.57. The zero-order valence-electron chi connectivity index (χ0n) is 10.7. The summed E-state index contributed by atoms with van der Waals surface area (Å²) in [7, 11) is 1.74. The summed E-state index contributed by atoms with van der Waals surface area (Å²) in [6.07, 6.45) is 2.73. The Hall–Kier alpha value is -2.43. The second-order valence-electron chi connectivity index (χ2n) is 4.14. The van der Waals surface area contributed by atoms with Gasteiger partial charge in [-0.3, -0.25) is 9.48 Å². The lowest BCUT2D eigenvalue weighted by Gasteiger charge is -2.01. The normalized spacial score (nSPS) is 10.9. The van der Waals surface area contributed by atoms with E-state index in [9.17, 15) is 9.18 Å². The number of carbonyl (C=O) groups excluding carboxylic acids is 1. The maximum absolute atomic E-state index is 13.3. The van der Waals surface area contributed by atoms with Crippen LogP contribution in [-0.2, 0) is 11.8 Å². The molecule has 2 rings (SSSR count). The van der Waals surface area contributed by atoms with E-state index in [0.29, 0.717) is 11.4 Å². The highest BCUT2D eigenvalue weighted by Crippen LogP contribution is 2.10. The minimum absolute atomic E-state index is 0.328. The number of halogens is 1. The predicted octanol–water partition coefficient (Wildman–Crippen LogP) is 2.52. The second kappa shape index (κ2) is 5.48. The molecule has 1 aromatic carbocycles. The van der Waals surface area contributed by atoms with E-state index in [1.165, 1.54) is 18.2 Å². The summed E-state index contributed by atoms with van der Waals surface area (Å²) >= 11 is 0. The van der Waals surface area contributed by atoms with Gasteiger partial charge >= 0.3 is 0 Å². The summed E-state index contributed by atoms with van der Waals surface area (Å²) in [6.45, 7) is 1.84.